The fourth-order valence-corrected chi connectivity index (χ4v) is 3.31. The Morgan fingerprint density at radius 2 is 1.77 bits per heavy atom. The number of hydrogen-bond acceptors (Lipinski definition) is 6. The molecule has 26 heavy (non-hydrogen) atoms. The summed E-state index contributed by atoms with van der Waals surface area (Å²) in [6.07, 6.45) is 0.0388. The number of esters is 1. The maximum Gasteiger partial charge on any atom is 0.312 e. The Morgan fingerprint density at radius 1 is 1.08 bits per heavy atom. The Kier molecular flexibility index (Phi) is 4.63. The number of carbonyl (C=O) groups excluding carboxylic acids is 1. The first kappa shape index (κ1) is 17.8. The van der Waals surface area contributed by atoms with E-state index in [2.05, 4.69) is 0 Å². The summed E-state index contributed by atoms with van der Waals surface area (Å²) in [5.41, 5.74) is 1.61. The van der Waals surface area contributed by atoms with Crippen molar-refractivity contribution in [3.63, 3.8) is 0 Å². The van der Waals surface area contributed by atoms with Crippen LogP contribution in [0.2, 0.25) is 0 Å². The molecular weight excluding hydrogens is 338 g/mol. The van der Waals surface area contributed by atoms with E-state index < -0.39 is 11.9 Å². The number of hydrogen-bond donors (Lipinski definition) is 0. The molecule has 1 aliphatic heterocycles. The molecule has 0 unspecified atom stereocenters. The van der Waals surface area contributed by atoms with E-state index in [0.29, 0.717) is 39.8 Å². The molecule has 3 rings (SSSR count). The van der Waals surface area contributed by atoms with Gasteiger partial charge in [-0.05, 0) is 13.0 Å². The van der Waals surface area contributed by atoms with Gasteiger partial charge in [0.25, 0.3) is 5.56 Å². The highest BCUT2D eigenvalue weighted by Gasteiger charge is 2.35. The third-order valence-corrected chi connectivity index (χ3v) is 4.72. The molecule has 0 fully saturated rings. The molecule has 1 aromatic carbocycles. The topological polar surface area (TPSA) is 76.0 Å². The van der Waals surface area contributed by atoms with Crippen molar-refractivity contribution < 1.29 is 23.7 Å². The second kappa shape index (κ2) is 6.74. The van der Waals surface area contributed by atoms with Crippen LogP contribution in [-0.2, 0) is 11.8 Å². The van der Waals surface area contributed by atoms with Crippen LogP contribution in [0.15, 0.2) is 23.0 Å². The smallest absolute Gasteiger partial charge is 0.312 e. The Morgan fingerprint density at radius 3 is 2.38 bits per heavy atom. The van der Waals surface area contributed by atoms with Gasteiger partial charge in [0.1, 0.15) is 5.75 Å². The molecule has 7 heteroatoms. The Hall–Kier alpha value is -2.96. The summed E-state index contributed by atoms with van der Waals surface area (Å²) in [6.45, 7) is 1.79. The molecule has 1 aromatic heterocycles. The first-order valence-electron chi connectivity index (χ1n) is 8.13. The minimum absolute atomic E-state index is 0.0388. The van der Waals surface area contributed by atoms with E-state index in [-0.39, 0.29) is 12.0 Å². The summed E-state index contributed by atoms with van der Waals surface area (Å²) in [7, 11) is 6.24. The zero-order valence-corrected chi connectivity index (χ0v) is 15.4. The summed E-state index contributed by atoms with van der Waals surface area (Å²) in [5, 5.41) is 0. The number of aromatic nitrogens is 1. The zero-order valence-electron chi connectivity index (χ0n) is 15.4. The average molecular weight is 359 g/mol. The maximum absolute atomic E-state index is 12.9. The largest absolute Gasteiger partial charge is 0.493 e. The van der Waals surface area contributed by atoms with Gasteiger partial charge in [-0.1, -0.05) is 6.07 Å². The van der Waals surface area contributed by atoms with Crippen LogP contribution in [-0.4, -0.2) is 31.9 Å². The highest BCUT2D eigenvalue weighted by molar-refractivity contribution is 5.78. The second-order valence-corrected chi connectivity index (χ2v) is 6.08. The minimum Gasteiger partial charge on any atom is -0.493 e. The van der Waals surface area contributed by atoms with Crippen LogP contribution in [0, 0.1) is 6.92 Å². The van der Waals surface area contributed by atoms with E-state index in [9.17, 15) is 9.59 Å². The summed E-state index contributed by atoms with van der Waals surface area (Å²) in [5.74, 6) is 0.747. The Bertz CT molecular complexity index is 931. The highest BCUT2D eigenvalue weighted by Crippen LogP contribution is 2.47. The standard InChI is InChI=1S/C19H21NO6/c1-10-8-14-16(19(22)20(10)2)12(9-15(21)26-14)11-6-7-13(23-3)18(25-5)17(11)24-4/h6-8,12H,9H2,1-5H3/t12-/m1/s1. The predicted octanol–water partition coefficient (Wildman–Crippen LogP) is 2.16. The fourth-order valence-electron chi connectivity index (χ4n) is 3.31. The normalized spacial score (nSPS) is 15.9. The van der Waals surface area contributed by atoms with Crippen molar-refractivity contribution in [3.8, 4) is 23.0 Å². The average Bonchev–Trinajstić information content (AvgIpc) is 2.63. The summed E-state index contributed by atoms with van der Waals surface area (Å²) in [4.78, 5) is 25.0. The Balaban J connectivity index is 2.28. The molecule has 0 spiro atoms. The quantitative estimate of drug-likeness (QED) is 0.779. The van der Waals surface area contributed by atoms with Gasteiger partial charge < -0.3 is 23.5 Å². The van der Waals surface area contributed by atoms with Gasteiger partial charge in [-0.15, -0.1) is 0 Å². The van der Waals surface area contributed by atoms with Crippen LogP contribution in [0.5, 0.6) is 23.0 Å². The molecule has 2 heterocycles. The van der Waals surface area contributed by atoms with E-state index in [1.807, 2.05) is 0 Å². The molecule has 7 nitrogen and oxygen atoms in total. The molecule has 0 radical (unpaired) electrons. The lowest BCUT2D eigenvalue weighted by Crippen LogP contribution is -2.32. The third kappa shape index (κ3) is 2.69. The minimum atomic E-state index is -0.500. The van der Waals surface area contributed by atoms with E-state index in [1.54, 1.807) is 32.2 Å². The lowest BCUT2D eigenvalue weighted by molar-refractivity contribution is -0.135. The van der Waals surface area contributed by atoms with E-state index in [4.69, 9.17) is 18.9 Å². The number of methoxy groups -OCH3 is 3. The van der Waals surface area contributed by atoms with Gasteiger partial charge in [0, 0.05) is 30.3 Å². The molecular formula is C19H21NO6. The lowest BCUT2D eigenvalue weighted by atomic mass is 9.86. The van der Waals surface area contributed by atoms with Crippen LogP contribution in [0.1, 0.15) is 29.2 Å². The zero-order chi connectivity index (χ0) is 19.0. The molecule has 2 aromatic rings. The van der Waals surface area contributed by atoms with Crippen LogP contribution >= 0.6 is 0 Å². The van der Waals surface area contributed by atoms with Gasteiger partial charge in [-0.2, -0.15) is 0 Å². The molecule has 0 bridgehead atoms. The summed E-state index contributed by atoms with van der Waals surface area (Å²) < 4.78 is 23.1. The SMILES string of the molecule is COc1ccc([C@H]2CC(=O)Oc3cc(C)n(C)c(=O)c32)c(OC)c1OC. The molecule has 138 valence electrons. The fraction of sp³-hybridized carbons (Fsp3) is 0.368. The number of rotatable bonds is 4. The summed E-state index contributed by atoms with van der Waals surface area (Å²) >= 11 is 0. The molecule has 0 N–H and O–H groups in total. The number of fused-ring (bicyclic) bond motifs is 1. The summed E-state index contributed by atoms with van der Waals surface area (Å²) in [6, 6.07) is 5.22. The second-order valence-electron chi connectivity index (χ2n) is 6.08. The molecule has 0 aliphatic carbocycles. The molecule has 1 atom stereocenters. The highest BCUT2D eigenvalue weighted by atomic mass is 16.5. The van der Waals surface area contributed by atoms with Crippen LogP contribution in [0.3, 0.4) is 0 Å². The van der Waals surface area contributed by atoms with Crippen molar-refractivity contribution in [2.24, 2.45) is 7.05 Å². The van der Waals surface area contributed by atoms with Crippen molar-refractivity contribution in [3.05, 3.63) is 45.4 Å². The molecule has 1 aliphatic rings. The van der Waals surface area contributed by atoms with Gasteiger partial charge in [0.15, 0.2) is 11.5 Å². The molecule has 0 saturated heterocycles. The number of nitrogens with zero attached hydrogens (tertiary/aromatic N) is 1. The monoisotopic (exact) mass is 359 g/mol. The third-order valence-electron chi connectivity index (χ3n) is 4.72. The van der Waals surface area contributed by atoms with Gasteiger partial charge in [0.05, 0.1) is 33.3 Å². The van der Waals surface area contributed by atoms with Crippen LogP contribution in [0.25, 0.3) is 0 Å². The van der Waals surface area contributed by atoms with Gasteiger partial charge in [-0.25, -0.2) is 0 Å². The molecule has 0 saturated carbocycles. The van der Waals surface area contributed by atoms with Crippen molar-refractivity contribution in [1.29, 1.82) is 0 Å². The van der Waals surface area contributed by atoms with Crippen LogP contribution in [0.4, 0.5) is 0 Å². The van der Waals surface area contributed by atoms with E-state index >= 15 is 0 Å². The van der Waals surface area contributed by atoms with Crippen molar-refractivity contribution in [2.75, 3.05) is 21.3 Å². The van der Waals surface area contributed by atoms with E-state index in [1.165, 1.54) is 25.9 Å². The number of ether oxygens (including phenoxy) is 4. The van der Waals surface area contributed by atoms with Crippen molar-refractivity contribution in [1.82, 2.24) is 4.57 Å². The van der Waals surface area contributed by atoms with Crippen molar-refractivity contribution >= 4 is 5.97 Å². The van der Waals surface area contributed by atoms with E-state index in [0.717, 1.165) is 0 Å². The molecule has 0 amide bonds. The van der Waals surface area contributed by atoms with Gasteiger partial charge >= 0.3 is 5.97 Å². The maximum atomic E-state index is 12.9. The number of benzene rings is 1. The number of pyridine rings is 1. The first-order valence-corrected chi connectivity index (χ1v) is 8.13. The number of carbonyl (C=O) groups is 1. The van der Waals surface area contributed by atoms with Gasteiger partial charge in [0.2, 0.25) is 5.75 Å². The number of aryl methyl sites for hydroxylation is 1. The first-order chi connectivity index (χ1) is 12.4. The lowest BCUT2D eigenvalue weighted by Gasteiger charge is -2.27. The predicted molar refractivity (Wildman–Crippen MR) is 94.6 cm³/mol. The van der Waals surface area contributed by atoms with Crippen molar-refractivity contribution in [2.45, 2.75) is 19.3 Å². The van der Waals surface area contributed by atoms with Gasteiger partial charge in [-0.3, -0.25) is 9.59 Å². The Labute approximate surface area is 151 Å². The van der Waals surface area contributed by atoms with Crippen LogP contribution < -0.4 is 24.5 Å².